The van der Waals surface area contributed by atoms with Gasteiger partial charge in [0.15, 0.2) is 0 Å². The zero-order valence-corrected chi connectivity index (χ0v) is 16.3. The van der Waals surface area contributed by atoms with Gasteiger partial charge in [-0.1, -0.05) is 48.5 Å². The third-order valence-corrected chi connectivity index (χ3v) is 6.09. The van der Waals surface area contributed by atoms with Crippen LogP contribution in [0.4, 0.5) is 0 Å². The zero-order valence-electron chi connectivity index (χ0n) is 14.7. The highest BCUT2D eigenvalue weighted by Gasteiger charge is 2.13. The van der Waals surface area contributed by atoms with E-state index in [4.69, 9.17) is 9.40 Å². The molecule has 5 aromatic rings. The van der Waals surface area contributed by atoms with Gasteiger partial charge in [0.05, 0.1) is 23.4 Å². The SMILES string of the molecule is O=c1oc2ccccc2cc1-c1csc(Cc2nc(-c3ccccc3)cs2)n1. The summed E-state index contributed by atoms with van der Waals surface area (Å²) in [6.07, 6.45) is 0.654. The molecule has 0 N–H and O–H groups in total. The Kier molecular flexibility index (Phi) is 4.35. The number of hydrogen-bond donors (Lipinski definition) is 0. The van der Waals surface area contributed by atoms with Crippen LogP contribution in [0.5, 0.6) is 0 Å². The lowest BCUT2D eigenvalue weighted by atomic mass is 10.1. The van der Waals surface area contributed by atoms with E-state index in [-0.39, 0.29) is 5.63 Å². The molecule has 0 amide bonds. The van der Waals surface area contributed by atoms with Crippen molar-refractivity contribution >= 4 is 33.6 Å². The molecule has 3 aromatic heterocycles. The number of nitrogens with zero attached hydrogens (tertiary/aromatic N) is 2. The van der Waals surface area contributed by atoms with Gasteiger partial charge in [0.1, 0.15) is 15.6 Å². The van der Waals surface area contributed by atoms with E-state index in [2.05, 4.69) is 22.5 Å². The molecule has 0 atom stereocenters. The van der Waals surface area contributed by atoms with E-state index in [0.29, 0.717) is 23.3 Å². The fourth-order valence-electron chi connectivity index (χ4n) is 3.02. The topological polar surface area (TPSA) is 56.0 Å². The minimum absolute atomic E-state index is 0.365. The first kappa shape index (κ1) is 17.0. The van der Waals surface area contributed by atoms with Crippen molar-refractivity contribution in [2.24, 2.45) is 0 Å². The minimum atomic E-state index is -0.365. The van der Waals surface area contributed by atoms with E-state index in [0.717, 1.165) is 26.7 Å². The summed E-state index contributed by atoms with van der Waals surface area (Å²) in [7, 11) is 0. The van der Waals surface area contributed by atoms with Crippen molar-refractivity contribution in [3.63, 3.8) is 0 Å². The zero-order chi connectivity index (χ0) is 18.9. The maximum atomic E-state index is 12.3. The van der Waals surface area contributed by atoms with Gasteiger partial charge in [-0.3, -0.25) is 0 Å². The minimum Gasteiger partial charge on any atom is -0.422 e. The largest absolute Gasteiger partial charge is 0.422 e. The second kappa shape index (κ2) is 7.14. The lowest BCUT2D eigenvalue weighted by molar-refractivity contribution is 0.563. The highest BCUT2D eigenvalue weighted by atomic mass is 32.1. The molecule has 0 spiro atoms. The smallest absolute Gasteiger partial charge is 0.345 e. The molecule has 0 saturated carbocycles. The van der Waals surface area contributed by atoms with Gasteiger partial charge >= 0.3 is 5.63 Å². The van der Waals surface area contributed by atoms with Gasteiger partial charge in [0.2, 0.25) is 0 Å². The second-order valence-electron chi connectivity index (χ2n) is 6.28. The molecule has 0 unspecified atom stereocenters. The number of rotatable bonds is 4. The standard InChI is InChI=1S/C22H14N2O2S2/c25-22-16(10-15-8-4-5-9-19(15)26-22)18-13-28-21(24-18)11-20-23-17(12-27-20)14-6-2-1-3-7-14/h1-10,12-13H,11H2. The number of aromatic nitrogens is 2. The Bertz CT molecular complexity index is 1320. The van der Waals surface area contributed by atoms with Crippen molar-refractivity contribution < 1.29 is 4.42 Å². The molecule has 136 valence electrons. The van der Waals surface area contributed by atoms with Gasteiger partial charge < -0.3 is 4.42 Å². The van der Waals surface area contributed by atoms with Gasteiger partial charge in [0, 0.05) is 21.7 Å². The third kappa shape index (κ3) is 3.28. The van der Waals surface area contributed by atoms with Gasteiger partial charge in [0.25, 0.3) is 0 Å². The summed E-state index contributed by atoms with van der Waals surface area (Å²) in [6, 6.07) is 19.5. The number of para-hydroxylation sites is 1. The molecular formula is C22H14N2O2S2. The Balaban J connectivity index is 1.42. The predicted octanol–water partition coefficient (Wildman–Crippen LogP) is 5.63. The van der Waals surface area contributed by atoms with Crippen LogP contribution in [-0.4, -0.2) is 9.97 Å². The highest BCUT2D eigenvalue weighted by molar-refractivity contribution is 7.11. The fourth-order valence-corrected chi connectivity index (χ4v) is 4.72. The molecule has 2 aromatic carbocycles. The first-order chi connectivity index (χ1) is 13.8. The van der Waals surface area contributed by atoms with E-state index < -0.39 is 0 Å². The van der Waals surface area contributed by atoms with Gasteiger partial charge in [-0.25, -0.2) is 14.8 Å². The van der Waals surface area contributed by atoms with E-state index in [1.54, 1.807) is 17.4 Å². The summed E-state index contributed by atoms with van der Waals surface area (Å²) in [5, 5.41) is 6.79. The molecule has 0 saturated heterocycles. The number of hydrogen-bond acceptors (Lipinski definition) is 6. The van der Waals surface area contributed by atoms with E-state index >= 15 is 0 Å². The van der Waals surface area contributed by atoms with Crippen molar-refractivity contribution in [3.05, 3.63) is 91.9 Å². The first-order valence-electron chi connectivity index (χ1n) is 8.74. The Morgan fingerprint density at radius 2 is 1.50 bits per heavy atom. The predicted molar refractivity (Wildman–Crippen MR) is 114 cm³/mol. The average molecular weight is 403 g/mol. The lowest BCUT2D eigenvalue weighted by Gasteiger charge is -1.99. The molecule has 4 nitrogen and oxygen atoms in total. The summed E-state index contributed by atoms with van der Waals surface area (Å²) in [5.41, 5.74) is 3.45. The molecule has 3 heterocycles. The number of thiazole rings is 2. The molecule has 6 heteroatoms. The van der Waals surface area contributed by atoms with Crippen LogP contribution in [0.2, 0.25) is 0 Å². The van der Waals surface area contributed by atoms with Crippen molar-refractivity contribution in [2.45, 2.75) is 6.42 Å². The number of fused-ring (bicyclic) bond motifs is 1. The molecule has 0 fully saturated rings. The molecule has 5 rings (SSSR count). The van der Waals surface area contributed by atoms with Crippen molar-refractivity contribution in [3.8, 4) is 22.5 Å². The molecule has 28 heavy (non-hydrogen) atoms. The molecule has 0 aliphatic carbocycles. The Morgan fingerprint density at radius 1 is 0.821 bits per heavy atom. The van der Waals surface area contributed by atoms with Crippen LogP contribution in [0.25, 0.3) is 33.5 Å². The summed E-state index contributed by atoms with van der Waals surface area (Å²) in [4.78, 5) is 21.7. The lowest BCUT2D eigenvalue weighted by Crippen LogP contribution is -2.02. The van der Waals surface area contributed by atoms with Crippen LogP contribution in [0.15, 0.2) is 80.6 Å². The van der Waals surface area contributed by atoms with E-state index in [1.165, 1.54) is 11.3 Å². The highest BCUT2D eigenvalue weighted by Crippen LogP contribution is 2.27. The maximum Gasteiger partial charge on any atom is 0.345 e. The van der Waals surface area contributed by atoms with Crippen LogP contribution in [-0.2, 0) is 6.42 Å². The monoisotopic (exact) mass is 402 g/mol. The van der Waals surface area contributed by atoms with Crippen LogP contribution < -0.4 is 5.63 Å². The van der Waals surface area contributed by atoms with Crippen molar-refractivity contribution in [1.82, 2.24) is 9.97 Å². The maximum absolute atomic E-state index is 12.3. The van der Waals surface area contributed by atoms with Crippen molar-refractivity contribution in [1.29, 1.82) is 0 Å². The van der Waals surface area contributed by atoms with Gasteiger partial charge in [-0.2, -0.15) is 0 Å². The molecule has 0 aliphatic heterocycles. The second-order valence-corrected chi connectivity index (χ2v) is 8.17. The molecular weight excluding hydrogens is 388 g/mol. The first-order valence-corrected chi connectivity index (χ1v) is 10.5. The summed E-state index contributed by atoms with van der Waals surface area (Å²) >= 11 is 3.16. The Morgan fingerprint density at radius 3 is 2.32 bits per heavy atom. The van der Waals surface area contributed by atoms with Crippen molar-refractivity contribution in [2.75, 3.05) is 0 Å². The summed E-state index contributed by atoms with van der Waals surface area (Å²) < 4.78 is 5.43. The average Bonchev–Trinajstić information content (AvgIpc) is 3.38. The van der Waals surface area contributed by atoms with E-state index in [9.17, 15) is 4.79 Å². The van der Waals surface area contributed by atoms with Crippen LogP contribution >= 0.6 is 22.7 Å². The Hall–Kier alpha value is -3.09. The molecule has 0 bridgehead atoms. The summed E-state index contributed by atoms with van der Waals surface area (Å²) in [5.74, 6) is 0. The number of benzene rings is 2. The fraction of sp³-hybridized carbons (Fsp3) is 0.0455. The third-order valence-electron chi connectivity index (χ3n) is 4.39. The molecule has 0 radical (unpaired) electrons. The van der Waals surface area contributed by atoms with Crippen LogP contribution in [0.3, 0.4) is 0 Å². The normalized spacial score (nSPS) is 11.1. The van der Waals surface area contributed by atoms with E-state index in [1.807, 2.05) is 47.8 Å². The van der Waals surface area contributed by atoms with Crippen LogP contribution in [0, 0.1) is 0 Å². The van der Waals surface area contributed by atoms with Gasteiger partial charge in [-0.05, 0) is 12.1 Å². The quantitative estimate of drug-likeness (QED) is 0.366. The van der Waals surface area contributed by atoms with Crippen LogP contribution in [0.1, 0.15) is 10.0 Å². The summed E-state index contributed by atoms with van der Waals surface area (Å²) in [6.45, 7) is 0. The van der Waals surface area contributed by atoms with Gasteiger partial charge in [-0.15, -0.1) is 22.7 Å². The molecule has 0 aliphatic rings. The Labute approximate surface area is 168 Å².